The molecule has 2 amide bonds. The van der Waals surface area contributed by atoms with Crippen molar-refractivity contribution in [1.29, 1.82) is 5.26 Å². The van der Waals surface area contributed by atoms with Crippen molar-refractivity contribution in [1.82, 2.24) is 0 Å². The van der Waals surface area contributed by atoms with Crippen LogP contribution in [-0.2, 0) is 9.53 Å². The molecule has 1 aromatic rings. The van der Waals surface area contributed by atoms with Gasteiger partial charge in [0.25, 0.3) is 0 Å². The molecule has 0 fully saturated rings. The Morgan fingerprint density at radius 3 is 2.57 bits per heavy atom. The lowest BCUT2D eigenvalue weighted by Crippen LogP contribution is -2.27. The molecule has 0 aliphatic rings. The summed E-state index contributed by atoms with van der Waals surface area (Å²) in [5.41, 5.74) is 0.117. The topological polar surface area (TPSA) is 91.2 Å². The molecular weight excluding hydrogens is 294 g/mol. The average molecular weight is 310 g/mol. The van der Waals surface area contributed by atoms with Gasteiger partial charge in [-0.2, -0.15) is 5.26 Å². The minimum absolute atomic E-state index is 0.278. The van der Waals surface area contributed by atoms with Crippen molar-refractivity contribution in [2.45, 2.75) is 32.8 Å². The number of hydrogen-bond donors (Lipinski definition) is 2. The predicted octanol–water partition coefficient (Wildman–Crippen LogP) is 3.54. The Morgan fingerprint density at radius 2 is 2.00 bits per heavy atom. The van der Waals surface area contributed by atoms with Crippen LogP contribution in [0, 0.1) is 11.3 Å². The highest BCUT2D eigenvalue weighted by Gasteiger charge is 2.16. The van der Waals surface area contributed by atoms with Gasteiger partial charge in [-0.3, -0.25) is 10.1 Å². The summed E-state index contributed by atoms with van der Waals surface area (Å²) in [4.78, 5) is 23.0. The van der Waals surface area contributed by atoms with Crippen LogP contribution in [0.2, 0.25) is 5.02 Å². The van der Waals surface area contributed by atoms with Gasteiger partial charge in [0, 0.05) is 5.69 Å². The van der Waals surface area contributed by atoms with Crippen LogP contribution in [-0.4, -0.2) is 17.6 Å². The molecule has 0 heterocycles. The van der Waals surface area contributed by atoms with E-state index in [0.29, 0.717) is 16.4 Å². The number of carbonyl (C=O) groups is 2. The summed E-state index contributed by atoms with van der Waals surface area (Å²) >= 11 is 5.94. The average Bonchev–Trinajstić information content (AvgIpc) is 2.31. The number of rotatable bonds is 3. The maximum Gasteiger partial charge on any atom is 0.412 e. The van der Waals surface area contributed by atoms with E-state index in [-0.39, 0.29) is 6.42 Å². The van der Waals surface area contributed by atoms with Crippen LogP contribution in [0.5, 0.6) is 0 Å². The summed E-state index contributed by atoms with van der Waals surface area (Å²) in [6, 6.07) is 6.32. The molecule has 0 atom stereocenters. The zero-order valence-electron chi connectivity index (χ0n) is 12.0. The lowest BCUT2D eigenvalue weighted by molar-refractivity contribution is -0.115. The molecule has 0 aliphatic heterocycles. The minimum atomic E-state index is -0.612. The second-order valence-electron chi connectivity index (χ2n) is 5.20. The number of nitriles is 1. The number of anilines is 2. The first-order valence-electron chi connectivity index (χ1n) is 6.17. The van der Waals surface area contributed by atoms with Gasteiger partial charge in [-0.15, -0.1) is 0 Å². The molecule has 6 nitrogen and oxygen atoms in total. The first kappa shape index (κ1) is 16.8. The van der Waals surface area contributed by atoms with Gasteiger partial charge in [0.05, 0.1) is 16.8 Å². The van der Waals surface area contributed by atoms with Crippen LogP contribution >= 0.6 is 11.6 Å². The number of nitrogens with one attached hydrogen (secondary N) is 2. The SMILES string of the molecule is CC(C)(C)OC(=O)Nc1ccc(Cl)c(NC(=O)CC#N)c1. The molecule has 0 unspecified atom stereocenters. The Bertz CT molecular complexity index is 588. The van der Waals surface area contributed by atoms with Crippen LogP contribution in [0.1, 0.15) is 27.2 Å². The molecule has 1 rings (SSSR count). The second kappa shape index (κ2) is 6.95. The molecule has 2 N–H and O–H groups in total. The summed E-state index contributed by atoms with van der Waals surface area (Å²) < 4.78 is 5.12. The zero-order chi connectivity index (χ0) is 16.0. The number of ether oxygens (including phenoxy) is 1. The van der Waals surface area contributed by atoms with Crippen LogP contribution in [0.3, 0.4) is 0 Å². The van der Waals surface area contributed by atoms with Crippen LogP contribution in [0.25, 0.3) is 0 Å². The van der Waals surface area contributed by atoms with Crippen molar-refractivity contribution >= 4 is 35.0 Å². The summed E-state index contributed by atoms with van der Waals surface area (Å²) in [6.45, 7) is 5.26. The molecule has 1 aromatic carbocycles. The van der Waals surface area contributed by atoms with Gasteiger partial charge >= 0.3 is 6.09 Å². The minimum Gasteiger partial charge on any atom is -0.444 e. The fraction of sp³-hybridized carbons (Fsp3) is 0.357. The van der Waals surface area contributed by atoms with Gasteiger partial charge in [0.1, 0.15) is 12.0 Å². The lowest BCUT2D eigenvalue weighted by atomic mass is 10.2. The monoisotopic (exact) mass is 309 g/mol. The van der Waals surface area contributed by atoms with Gasteiger partial charge in [-0.05, 0) is 39.0 Å². The molecule has 0 bridgehead atoms. The van der Waals surface area contributed by atoms with E-state index in [0.717, 1.165) is 0 Å². The maximum atomic E-state index is 11.7. The van der Waals surface area contributed by atoms with Gasteiger partial charge in [0.2, 0.25) is 5.91 Å². The highest BCUT2D eigenvalue weighted by Crippen LogP contribution is 2.26. The first-order valence-corrected chi connectivity index (χ1v) is 6.55. The van der Waals surface area contributed by atoms with E-state index >= 15 is 0 Å². The molecule has 0 spiro atoms. The highest BCUT2D eigenvalue weighted by atomic mass is 35.5. The van der Waals surface area contributed by atoms with E-state index in [9.17, 15) is 9.59 Å². The Kier molecular flexibility index (Phi) is 5.56. The fourth-order valence-corrected chi connectivity index (χ4v) is 1.55. The lowest BCUT2D eigenvalue weighted by Gasteiger charge is -2.20. The summed E-state index contributed by atoms with van der Waals surface area (Å²) in [7, 11) is 0. The van der Waals surface area contributed by atoms with Crippen molar-refractivity contribution in [3.8, 4) is 6.07 Å². The van der Waals surface area contributed by atoms with E-state index in [1.54, 1.807) is 32.9 Å². The van der Waals surface area contributed by atoms with E-state index in [1.807, 2.05) is 0 Å². The Labute approximate surface area is 128 Å². The van der Waals surface area contributed by atoms with Crippen molar-refractivity contribution in [2.24, 2.45) is 0 Å². The molecule has 0 aromatic heterocycles. The maximum absolute atomic E-state index is 11.7. The van der Waals surface area contributed by atoms with Crippen molar-refractivity contribution in [3.05, 3.63) is 23.2 Å². The molecule has 7 heteroatoms. The molecule has 0 saturated carbocycles. The first-order chi connectivity index (χ1) is 9.71. The van der Waals surface area contributed by atoms with Crippen LogP contribution in [0.4, 0.5) is 16.2 Å². The Balaban J connectivity index is 2.80. The molecule has 0 radical (unpaired) electrons. The standard InChI is InChI=1S/C14H16ClN3O3/c1-14(2,3)21-13(20)17-9-4-5-10(15)11(8-9)18-12(19)6-7-16/h4-5,8H,6H2,1-3H3,(H,17,20)(H,18,19). The molecule has 21 heavy (non-hydrogen) atoms. The number of nitrogens with zero attached hydrogens (tertiary/aromatic N) is 1. The van der Waals surface area contributed by atoms with Crippen LogP contribution in [0.15, 0.2) is 18.2 Å². The summed E-state index contributed by atoms with van der Waals surface area (Å²) in [5, 5.41) is 13.8. The second-order valence-corrected chi connectivity index (χ2v) is 5.61. The number of benzene rings is 1. The van der Waals surface area contributed by atoms with Gasteiger partial charge in [-0.25, -0.2) is 4.79 Å². The van der Waals surface area contributed by atoms with E-state index in [4.69, 9.17) is 21.6 Å². The Hall–Kier alpha value is -2.26. The predicted molar refractivity (Wildman–Crippen MR) is 80.2 cm³/mol. The van der Waals surface area contributed by atoms with Crippen molar-refractivity contribution < 1.29 is 14.3 Å². The molecule has 0 aliphatic carbocycles. The Morgan fingerprint density at radius 1 is 1.33 bits per heavy atom. The highest BCUT2D eigenvalue weighted by molar-refractivity contribution is 6.33. The van der Waals surface area contributed by atoms with E-state index < -0.39 is 17.6 Å². The van der Waals surface area contributed by atoms with Gasteiger partial charge < -0.3 is 10.1 Å². The van der Waals surface area contributed by atoms with Crippen LogP contribution < -0.4 is 10.6 Å². The third kappa shape index (κ3) is 6.15. The molecular formula is C14H16ClN3O3. The quantitative estimate of drug-likeness (QED) is 0.893. The van der Waals surface area contributed by atoms with Gasteiger partial charge in [0.15, 0.2) is 0 Å². The normalized spacial score (nSPS) is 10.4. The zero-order valence-corrected chi connectivity index (χ0v) is 12.7. The third-order valence-corrected chi connectivity index (χ3v) is 2.45. The summed E-state index contributed by atoms with van der Waals surface area (Å²) in [6.07, 6.45) is -0.890. The van der Waals surface area contributed by atoms with Crippen molar-refractivity contribution in [3.63, 3.8) is 0 Å². The molecule has 112 valence electrons. The van der Waals surface area contributed by atoms with Crippen molar-refractivity contribution in [2.75, 3.05) is 10.6 Å². The largest absolute Gasteiger partial charge is 0.444 e. The number of hydrogen-bond acceptors (Lipinski definition) is 4. The van der Waals surface area contributed by atoms with Gasteiger partial charge in [-0.1, -0.05) is 11.6 Å². The fourth-order valence-electron chi connectivity index (χ4n) is 1.39. The molecule has 0 saturated heterocycles. The summed E-state index contributed by atoms with van der Waals surface area (Å²) in [5.74, 6) is -0.478. The van der Waals surface area contributed by atoms with E-state index in [2.05, 4.69) is 10.6 Å². The number of carbonyl (C=O) groups excluding carboxylic acids is 2. The smallest absolute Gasteiger partial charge is 0.412 e. The number of halogens is 1. The van der Waals surface area contributed by atoms with E-state index in [1.165, 1.54) is 12.1 Å². The number of amides is 2. The third-order valence-electron chi connectivity index (χ3n) is 2.13.